The molecule has 3 unspecified atom stereocenters. The van der Waals surface area contributed by atoms with Gasteiger partial charge in [-0.05, 0) is 17.5 Å². The molecule has 1 amide bonds. The molecule has 3 atom stereocenters. The van der Waals surface area contributed by atoms with Gasteiger partial charge in [0.15, 0.2) is 0 Å². The topological polar surface area (TPSA) is 35.6 Å². The van der Waals surface area contributed by atoms with E-state index in [1.807, 2.05) is 18.2 Å². The lowest BCUT2D eigenvalue weighted by atomic mass is 9.64. The average molecular weight is 376 g/mol. The van der Waals surface area contributed by atoms with Crippen LogP contribution in [-0.4, -0.2) is 61.0 Å². The summed E-state index contributed by atoms with van der Waals surface area (Å²) in [5, 5.41) is 3.51. The van der Waals surface area contributed by atoms with Gasteiger partial charge in [-0.3, -0.25) is 4.79 Å². The minimum Gasteiger partial charge on any atom is -0.352 e. The normalized spacial score (nSPS) is 33.4. The maximum absolute atomic E-state index is 12.9. The van der Waals surface area contributed by atoms with Crippen molar-refractivity contribution in [1.82, 2.24) is 15.1 Å². The number of piperidine rings is 2. The zero-order valence-electron chi connectivity index (χ0n) is 16.4. The number of aryl methyl sites for hydroxylation is 1. The van der Waals surface area contributed by atoms with Gasteiger partial charge in [-0.15, -0.1) is 0 Å². The minimum atomic E-state index is 0.00132. The number of fused-ring (bicyclic) bond motifs is 1. The molecule has 1 N–H and O–H groups in total. The Kier molecular flexibility index (Phi) is 4.69. The van der Waals surface area contributed by atoms with E-state index in [1.165, 1.54) is 11.1 Å². The number of amides is 1. The van der Waals surface area contributed by atoms with Crippen molar-refractivity contribution in [3.63, 3.8) is 0 Å². The highest BCUT2D eigenvalue weighted by Crippen LogP contribution is 2.43. The van der Waals surface area contributed by atoms with Crippen molar-refractivity contribution in [2.45, 2.75) is 24.3 Å². The molecule has 4 fully saturated rings. The summed E-state index contributed by atoms with van der Waals surface area (Å²) in [6, 6.07) is 21.4. The lowest BCUT2D eigenvalue weighted by molar-refractivity contribution is -0.124. The molecule has 4 saturated heterocycles. The first-order valence-electron chi connectivity index (χ1n) is 10.6. The molecule has 4 aliphatic rings. The van der Waals surface area contributed by atoms with Gasteiger partial charge in [0, 0.05) is 63.1 Å². The van der Waals surface area contributed by atoms with Crippen LogP contribution in [-0.2, 0) is 16.6 Å². The molecule has 6 rings (SSSR count). The van der Waals surface area contributed by atoms with Gasteiger partial charge in [-0.2, -0.15) is 0 Å². The largest absolute Gasteiger partial charge is 0.352 e. The Balaban J connectivity index is 1.38. The Morgan fingerprint density at radius 3 is 2.18 bits per heavy atom. The lowest BCUT2D eigenvalue weighted by Gasteiger charge is -2.55. The standard InChI is InChI=1S/C24H29N3O/c28-22(12-11-19-7-3-1-4-8-19)25-23-20-15-26-13-14-27(16-20)18-24(23,17-26)21-9-5-2-6-10-21/h1-10,20,23H,11-18H2,(H,25,28). The van der Waals surface area contributed by atoms with E-state index >= 15 is 0 Å². The van der Waals surface area contributed by atoms with Crippen LogP contribution >= 0.6 is 0 Å². The molecule has 4 nitrogen and oxygen atoms in total. The van der Waals surface area contributed by atoms with E-state index in [0.717, 1.165) is 45.7 Å². The molecule has 0 spiro atoms. The number of hydrogen-bond acceptors (Lipinski definition) is 3. The second kappa shape index (κ2) is 7.34. The molecular formula is C24H29N3O. The number of rotatable bonds is 5. The van der Waals surface area contributed by atoms with Crippen LogP contribution in [0.1, 0.15) is 17.5 Å². The lowest BCUT2D eigenvalue weighted by Crippen LogP contribution is -2.70. The third-order valence-electron chi connectivity index (χ3n) is 6.94. The fourth-order valence-electron chi connectivity index (χ4n) is 5.72. The zero-order chi connectivity index (χ0) is 19.0. The van der Waals surface area contributed by atoms with Crippen LogP contribution in [0.5, 0.6) is 0 Å². The van der Waals surface area contributed by atoms with Crippen LogP contribution in [0.25, 0.3) is 0 Å². The first kappa shape index (κ1) is 17.9. The van der Waals surface area contributed by atoms with E-state index in [1.54, 1.807) is 0 Å². The number of benzene rings is 2. The average Bonchev–Trinajstić information content (AvgIpc) is 2.99. The van der Waals surface area contributed by atoms with Crippen molar-refractivity contribution >= 4 is 5.91 Å². The van der Waals surface area contributed by atoms with Crippen molar-refractivity contribution in [3.05, 3.63) is 71.8 Å². The summed E-state index contributed by atoms with van der Waals surface area (Å²) in [5.41, 5.74) is 2.61. The van der Waals surface area contributed by atoms with E-state index in [4.69, 9.17) is 0 Å². The van der Waals surface area contributed by atoms with Crippen molar-refractivity contribution in [1.29, 1.82) is 0 Å². The van der Waals surface area contributed by atoms with Gasteiger partial charge >= 0.3 is 0 Å². The summed E-state index contributed by atoms with van der Waals surface area (Å²) in [7, 11) is 0. The Hall–Kier alpha value is -2.17. The maximum atomic E-state index is 12.9. The molecular weight excluding hydrogens is 346 g/mol. The van der Waals surface area contributed by atoms with Gasteiger partial charge in [-0.25, -0.2) is 0 Å². The van der Waals surface area contributed by atoms with Crippen LogP contribution < -0.4 is 5.32 Å². The smallest absolute Gasteiger partial charge is 0.220 e. The highest BCUT2D eigenvalue weighted by molar-refractivity contribution is 5.77. The van der Waals surface area contributed by atoms with Crippen molar-refractivity contribution in [2.24, 2.45) is 5.92 Å². The monoisotopic (exact) mass is 375 g/mol. The molecule has 4 heterocycles. The molecule has 2 aromatic carbocycles. The van der Waals surface area contributed by atoms with E-state index in [-0.39, 0.29) is 17.4 Å². The van der Waals surface area contributed by atoms with Crippen LogP contribution in [0.3, 0.4) is 0 Å². The van der Waals surface area contributed by atoms with Crippen LogP contribution in [0.4, 0.5) is 0 Å². The molecule has 28 heavy (non-hydrogen) atoms. The SMILES string of the molecule is O=C(CCc1ccccc1)NC1C2CN3CCN(C2)CC1(c1ccccc1)C3. The van der Waals surface area contributed by atoms with Crippen LogP contribution in [0.2, 0.25) is 0 Å². The number of carbonyl (C=O) groups is 1. The molecule has 0 radical (unpaired) electrons. The van der Waals surface area contributed by atoms with Gasteiger partial charge < -0.3 is 15.1 Å². The van der Waals surface area contributed by atoms with Gasteiger partial charge in [-0.1, -0.05) is 60.7 Å². The number of hydrogen-bond donors (Lipinski definition) is 1. The minimum absolute atomic E-state index is 0.00132. The highest BCUT2D eigenvalue weighted by Gasteiger charge is 2.55. The van der Waals surface area contributed by atoms with Crippen LogP contribution in [0, 0.1) is 5.92 Å². The molecule has 4 heteroatoms. The second-order valence-corrected chi connectivity index (χ2v) is 8.78. The summed E-state index contributed by atoms with van der Waals surface area (Å²) in [5.74, 6) is 0.700. The summed E-state index contributed by atoms with van der Waals surface area (Å²) >= 11 is 0. The van der Waals surface area contributed by atoms with Gasteiger partial charge in [0.05, 0.1) is 0 Å². The van der Waals surface area contributed by atoms with Gasteiger partial charge in [0.2, 0.25) is 5.91 Å². The Morgan fingerprint density at radius 2 is 1.54 bits per heavy atom. The van der Waals surface area contributed by atoms with E-state index in [2.05, 4.69) is 57.6 Å². The molecule has 0 saturated carbocycles. The molecule has 0 aliphatic carbocycles. The first-order chi connectivity index (χ1) is 13.7. The number of nitrogens with zero attached hydrogens (tertiary/aromatic N) is 2. The fraction of sp³-hybridized carbons (Fsp3) is 0.458. The van der Waals surface area contributed by atoms with Crippen molar-refractivity contribution in [2.75, 3.05) is 39.3 Å². The first-order valence-corrected chi connectivity index (χ1v) is 10.6. The highest BCUT2D eigenvalue weighted by atomic mass is 16.1. The van der Waals surface area contributed by atoms with E-state index < -0.39 is 0 Å². The van der Waals surface area contributed by atoms with Crippen molar-refractivity contribution in [3.8, 4) is 0 Å². The Labute approximate surface area is 167 Å². The van der Waals surface area contributed by atoms with Crippen molar-refractivity contribution < 1.29 is 4.79 Å². The van der Waals surface area contributed by atoms with Gasteiger partial charge in [0.1, 0.15) is 0 Å². The summed E-state index contributed by atoms with van der Waals surface area (Å²) < 4.78 is 0. The van der Waals surface area contributed by atoms with Crippen LogP contribution in [0.15, 0.2) is 60.7 Å². The number of carbonyl (C=O) groups excluding carboxylic acids is 1. The molecule has 146 valence electrons. The predicted octanol–water partition coefficient (Wildman–Crippen LogP) is 2.30. The number of nitrogens with one attached hydrogen (secondary N) is 1. The maximum Gasteiger partial charge on any atom is 0.220 e. The molecule has 4 bridgehead atoms. The molecule has 4 aliphatic heterocycles. The predicted molar refractivity (Wildman–Crippen MR) is 111 cm³/mol. The summed E-state index contributed by atoms with van der Waals surface area (Å²) in [4.78, 5) is 18.2. The summed E-state index contributed by atoms with van der Waals surface area (Å²) in [6.07, 6.45) is 1.37. The quantitative estimate of drug-likeness (QED) is 0.871. The Bertz CT molecular complexity index is 806. The summed E-state index contributed by atoms with van der Waals surface area (Å²) in [6.45, 7) is 6.62. The zero-order valence-corrected chi connectivity index (χ0v) is 16.4. The fourth-order valence-corrected chi connectivity index (χ4v) is 5.72. The second-order valence-electron chi connectivity index (χ2n) is 8.78. The Morgan fingerprint density at radius 1 is 0.929 bits per heavy atom. The molecule has 0 aromatic heterocycles. The van der Waals surface area contributed by atoms with E-state index in [0.29, 0.717) is 12.3 Å². The van der Waals surface area contributed by atoms with E-state index in [9.17, 15) is 4.79 Å². The third-order valence-corrected chi connectivity index (χ3v) is 6.94. The molecule has 2 aromatic rings. The van der Waals surface area contributed by atoms with Gasteiger partial charge in [0.25, 0.3) is 0 Å². The third kappa shape index (κ3) is 3.25.